The minimum Gasteiger partial charge on any atom is -0.494 e. The van der Waals surface area contributed by atoms with Crippen LogP contribution in [0.15, 0.2) is 12.1 Å². The average molecular weight is 279 g/mol. The Morgan fingerprint density at radius 2 is 2.00 bits per heavy atom. The van der Waals surface area contributed by atoms with E-state index in [9.17, 15) is 0 Å². The smallest absolute Gasteiger partial charge is 0.149 e. The van der Waals surface area contributed by atoms with Gasteiger partial charge < -0.3 is 9.47 Å². The number of nitrogens with zero attached hydrogens (tertiary/aromatic N) is 1. The zero-order chi connectivity index (χ0) is 13.8. The fourth-order valence-corrected chi connectivity index (χ4v) is 2.86. The fraction of sp³-hybridized carbons (Fsp3) is 0.533. The van der Waals surface area contributed by atoms with Gasteiger partial charge in [0.05, 0.1) is 22.9 Å². The molecule has 19 heavy (non-hydrogen) atoms. The summed E-state index contributed by atoms with van der Waals surface area (Å²) in [6.07, 6.45) is 4.01. The molecule has 3 nitrogen and oxygen atoms in total. The molecule has 0 spiro atoms. The Morgan fingerprint density at radius 1 is 1.26 bits per heavy atom. The molecular weight excluding hydrogens is 258 g/mol. The number of aryl methyl sites for hydroxylation is 1. The fourth-order valence-electron chi connectivity index (χ4n) is 1.99. The van der Waals surface area contributed by atoms with Crippen molar-refractivity contribution in [3.8, 4) is 11.5 Å². The van der Waals surface area contributed by atoms with Crippen LogP contribution in [0.4, 0.5) is 0 Å². The van der Waals surface area contributed by atoms with Crippen LogP contribution in [0.1, 0.15) is 38.1 Å². The van der Waals surface area contributed by atoms with E-state index in [1.807, 2.05) is 26.8 Å². The Kier molecular flexibility index (Phi) is 4.64. The minimum atomic E-state index is 0.395. The Balaban J connectivity index is 0.000000637. The number of rotatable bonds is 3. The minimum absolute atomic E-state index is 0.395. The number of thiazole rings is 1. The summed E-state index contributed by atoms with van der Waals surface area (Å²) >= 11 is 1.68. The van der Waals surface area contributed by atoms with E-state index in [-0.39, 0.29) is 0 Å². The molecule has 4 heteroatoms. The van der Waals surface area contributed by atoms with Crippen molar-refractivity contribution in [2.75, 3.05) is 7.11 Å². The highest BCUT2D eigenvalue weighted by Crippen LogP contribution is 2.35. The molecule has 2 aromatic rings. The van der Waals surface area contributed by atoms with E-state index in [0.717, 1.165) is 26.7 Å². The van der Waals surface area contributed by atoms with Crippen LogP contribution in [0.5, 0.6) is 11.5 Å². The Hall–Kier alpha value is -1.29. The van der Waals surface area contributed by atoms with Crippen molar-refractivity contribution >= 4 is 21.6 Å². The van der Waals surface area contributed by atoms with Crippen molar-refractivity contribution < 1.29 is 9.47 Å². The maximum atomic E-state index is 5.91. The van der Waals surface area contributed by atoms with E-state index < -0.39 is 0 Å². The largest absolute Gasteiger partial charge is 0.494 e. The van der Waals surface area contributed by atoms with Crippen LogP contribution in [-0.4, -0.2) is 18.2 Å². The van der Waals surface area contributed by atoms with E-state index in [1.165, 1.54) is 19.3 Å². The molecule has 0 unspecified atom stereocenters. The Bertz CT molecular complexity index is 546. The van der Waals surface area contributed by atoms with Gasteiger partial charge in [-0.2, -0.15) is 0 Å². The van der Waals surface area contributed by atoms with Gasteiger partial charge in [-0.3, -0.25) is 0 Å². The van der Waals surface area contributed by atoms with Crippen LogP contribution in [0.25, 0.3) is 10.2 Å². The SMILES string of the molecule is CC.COc1cc(OC2CCC2)cc2sc(C)nc12. The molecule has 1 saturated carbocycles. The van der Waals surface area contributed by atoms with Gasteiger partial charge in [0.1, 0.15) is 17.0 Å². The first-order valence-corrected chi connectivity index (χ1v) is 7.70. The molecule has 1 aliphatic rings. The van der Waals surface area contributed by atoms with Gasteiger partial charge in [-0.15, -0.1) is 11.3 Å². The predicted octanol–water partition coefficient (Wildman–Crippen LogP) is 4.57. The standard InChI is InChI=1S/C13H15NO2S.C2H6/c1-8-14-13-11(15-2)6-10(7-12(13)17-8)16-9-4-3-5-9;1-2/h6-7,9H,3-5H2,1-2H3;1-2H3. The number of fused-ring (bicyclic) bond motifs is 1. The second-order valence-electron chi connectivity index (χ2n) is 4.38. The average Bonchev–Trinajstić information content (AvgIpc) is 2.75. The van der Waals surface area contributed by atoms with Gasteiger partial charge in [-0.1, -0.05) is 13.8 Å². The molecule has 0 amide bonds. The zero-order valence-electron chi connectivity index (χ0n) is 12.0. The Labute approximate surface area is 118 Å². The van der Waals surface area contributed by atoms with Gasteiger partial charge >= 0.3 is 0 Å². The summed E-state index contributed by atoms with van der Waals surface area (Å²) < 4.78 is 12.4. The van der Waals surface area contributed by atoms with Crippen LogP contribution in [0.2, 0.25) is 0 Å². The second kappa shape index (κ2) is 6.24. The molecule has 104 valence electrons. The van der Waals surface area contributed by atoms with Crippen LogP contribution in [0, 0.1) is 6.92 Å². The molecule has 1 aromatic heterocycles. The quantitative estimate of drug-likeness (QED) is 0.824. The van der Waals surface area contributed by atoms with E-state index in [1.54, 1.807) is 18.4 Å². The van der Waals surface area contributed by atoms with Crippen LogP contribution in [-0.2, 0) is 0 Å². The summed E-state index contributed by atoms with van der Waals surface area (Å²) in [6.45, 7) is 6.01. The van der Waals surface area contributed by atoms with Crippen molar-refractivity contribution in [1.82, 2.24) is 4.98 Å². The third-order valence-corrected chi connectivity index (χ3v) is 4.03. The van der Waals surface area contributed by atoms with Gasteiger partial charge in [0, 0.05) is 6.07 Å². The molecule has 1 heterocycles. The molecule has 3 rings (SSSR count). The first-order chi connectivity index (χ1) is 9.26. The lowest BCUT2D eigenvalue weighted by atomic mass is 9.96. The number of hydrogen-bond donors (Lipinski definition) is 0. The maximum Gasteiger partial charge on any atom is 0.149 e. The molecule has 1 fully saturated rings. The number of hydrogen-bond acceptors (Lipinski definition) is 4. The van der Waals surface area contributed by atoms with Crippen molar-refractivity contribution in [1.29, 1.82) is 0 Å². The van der Waals surface area contributed by atoms with Crippen molar-refractivity contribution in [2.24, 2.45) is 0 Å². The molecule has 0 saturated heterocycles. The summed E-state index contributed by atoms with van der Waals surface area (Å²) in [6, 6.07) is 4.01. The van der Waals surface area contributed by atoms with Crippen LogP contribution >= 0.6 is 11.3 Å². The topological polar surface area (TPSA) is 31.4 Å². The van der Waals surface area contributed by atoms with Crippen molar-refractivity contribution in [3.05, 3.63) is 17.1 Å². The lowest BCUT2D eigenvalue weighted by Crippen LogP contribution is -2.24. The van der Waals surface area contributed by atoms with Gasteiger partial charge in [0.15, 0.2) is 0 Å². The van der Waals surface area contributed by atoms with Crippen LogP contribution < -0.4 is 9.47 Å². The van der Waals surface area contributed by atoms with Crippen LogP contribution in [0.3, 0.4) is 0 Å². The Morgan fingerprint density at radius 3 is 2.58 bits per heavy atom. The van der Waals surface area contributed by atoms with Crippen molar-refractivity contribution in [3.63, 3.8) is 0 Å². The van der Waals surface area contributed by atoms with Crippen molar-refractivity contribution in [2.45, 2.75) is 46.1 Å². The number of methoxy groups -OCH3 is 1. The summed E-state index contributed by atoms with van der Waals surface area (Å²) in [7, 11) is 1.68. The first kappa shape index (κ1) is 14.1. The summed E-state index contributed by atoms with van der Waals surface area (Å²) in [5.41, 5.74) is 0.941. The summed E-state index contributed by atoms with van der Waals surface area (Å²) in [5.74, 6) is 1.71. The molecule has 0 aliphatic heterocycles. The number of aromatic nitrogens is 1. The molecular formula is C15H21NO2S. The third-order valence-electron chi connectivity index (χ3n) is 3.12. The predicted molar refractivity (Wildman–Crippen MR) is 80.5 cm³/mol. The monoisotopic (exact) mass is 279 g/mol. The maximum absolute atomic E-state index is 5.91. The molecule has 0 radical (unpaired) electrons. The number of benzene rings is 1. The van der Waals surface area contributed by atoms with E-state index in [4.69, 9.17) is 9.47 Å². The normalized spacial score (nSPS) is 14.5. The highest BCUT2D eigenvalue weighted by atomic mass is 32.1. The highest BCUT2D eigenvalue weighted by molar-refractivity contribution is 7.18. The van der Waals surface area contributed by atoms with Gasteiger partial charge in [-0.25, -0.2) is 4.98 Å². The summed E-state index contributed by atoms with van der Waals surface area (Å²) in [4.78, 5) is 4.48. The van der Waals surface area contributed by atoms with E-state index >= 15 is 0 Å². The highest BCUT2D eigenvalue weighted by Gasteiger charge is 2.20. The lowest BCUT2D eigenvalue weighted by molar-refractivity contribution is 0.120. The molecule has 1 aliphatic carbocycles. The van der Waals surface area contributed by atoms with E-state index in [0.29, 0.717) is 6.10 Å². The second-order valence-corrected chi connectivity index (χ2v) is 5.61. The molecule has 0 N–H and O–H groups in total. The zero-order valence-corrected chi connectivity index (χ0v) is 12.8. The van der Waals surface area contributed by atoms with E-state index in [2.05, 4.69) is 11.1 Å². The lowest BCUT2D eigenvalue weighted by Gasteiger charge is -2.26. The van der Waals surface area contributed by atoms with Gasteiger partial charge in [0.25, 0.3) is 0 Å². The molecule has 0 bridgehead atoms. The van der Waals surface area contributed by atoms with Gasteiger partial charge in [-0.05, 0) is 32.3 Å². The molecule has 1 aromatic carbocycles. The summed E-state index contributed by atoms with van der Waals surface area (Å²) in [5, 5.41) is 1.05. The molecule has 0 atom stereocenters. The number of ether oxygens (including phenoxy) is 2. The van der Waals surface area contributed by atoms with Gasteiger partial charge in [0.2, 0.25) is 0 Å². The first-order valence-electron chi connectivity index (χ1n) is 6.88. The third kappa shape index (κ3) is 3.00.